The van der Waals surface area contributed by atoms with Crippen molar-refractivity contribution in [2.45, 2.75) is 0 Å². The van der Waals surface area contributed by atoms with Gasteiger partial charge in [0.15, 0.2) is 5.82 Å². The number of amides is 1. The summed E-state index contributed by atoms with van der Waals surface area (Å²) in [5.74, 6) is 0.299. The van der Waals surface area contributed by atoms with E-state index in [0.29, 0.717) is 22.6 Å². The molecule has 0 saturated carbocycles. The van der Waals surface area contributed by atoms with E-state index in [1.54, 1.807) is 12.3 Å². The molecule has 0 atom stereocenters. The van der Waals surface area contributed by atoms with Crippen LogP contribution in [0, 0.1) is 0 Å². The van der Waals surface area contributed by atoms with E-state index in [1.807, 2.05) is 91.8 Å². The topological polar surface area (TPSA) is 86.3 Å². The minimum atomic E-state index is -0.313. The van der Waals surface area contributed by atoms with Crippen LogP contribution in [0.2, 0.25) is 0 Å². The summed E-state index contributed by atoms with van der Waals surface area (Å²) in [6.07, 6.45) is 1.63. The monoisotopic (exact) mass is 434 g/mol. The summed E-state index contributed by atoms with van der Waals surface area (Å²) in [4.78, 5) is 27.7. The normalized spacial score (nSPS) is 11.3. The number of fused-ring (bicyclic) bond motifs is 2. The Bertz CT molecular complexity index is 1450. The van der Waals surface area contributed by atoms with Crippen molar-refractivity contribution in [2.24, 2.45) is 5.10 Å². The molecule has 7 nitrogen and oxygen atoms in total. The molecule has 0 spiro atoms. The second-order valence-corrected chi connectivity index (χ2v) is 7.86. The maximum absolute atomic E-state index is 13.1. The molecule has 0 aliphatic rings. The molecule has 2 N–H and O–H groups in total. The first-order valence-electron chi connectivity index (χ1n) is 10.5. The van der Waals surface area contributed by atoms with Gasteiger partial charge in [-0.2, -0.15) is 5.10 Å². The summed E-state index contributed by atoms with van der Waals surface area (Å²) in [7, 11) is 3.98. The lowest BCUT2D eigenvalue weighted by atomic mass is 10.1. The highest BCUT2D eigenvalue weighted by Gasteiger charge is 2.15. The predicted molar refractivity (Wildman–Crippen MR) is 133 cm³/mol. The van der Waals surface area contributed by atoms with Crippen molar-refractivity contribution >= 4 is 39.7 Å². The molecule has 0 bridgehead atoms. The van der Waals surface area contributed by atoms with Crippen molar-refractivity contribution in [1.29, 1.82) is 0 Å². The maximum Gasteiger partial charge on any atom is 0.272 e. The highest BCUT2D eigenvalue weighted by molar-refractivity contribution is 6.07. The van der Waals surface area contributed by atoms with Gasteiger partial charge in [0.1, 0.15) is 5.69 Å². The van der Waals surface area contributed by atoms with E-state index in [-0.39, 0.29) is 5.91 Å². The van der Waals surface area contributed by atoms with Gasteiger partial charge in [-0.05, 0) is 42.0 Å². The second kappa shape index (κ2) is 8.55. The number of benzene rings is 3. The number of aromatic amines is 1. The second-order valence-electron chi connectivity index (χ2n) is 7.86. The third-order valence-corrected chi connectivity index (χ3v) is 5.38. The fraction of sp³-hybridized carbons (Fsp3) is 0.0769. The molecule has 2 heterocycles. The predicted octanol–water partition coefficient (Wildman–Crippen LogP) is 4.61. The van der Waals surface area contributed by atoms with Crippen LogP contribution in [0.4, 0.5) is 5.69 Å². The SMILES string of the molecule is CN(C)c1ccc(/C=N/NC(=O)c2cc(-c3nc4ccccc4[nH]3)nc3ccccc23)cc1. The van der Waals surface area contributed by atoms with Crippen LogP contribution in [0.3, 0.4) is 0 Å². The summed E-state index contributed by atoms with van der Waals surface area (Å²) in [6, 6.07) is 25.0. The number of rotatable bonds is 5. The van der Waals surface area contributed by atoms with Gasteiger partial charge >= 0.3 is 0 Å². The van der Waals surface area contributed by atoms with Crippen LogP contribution < -0.4 is 10.3 Å². The van der Waals surface area contributed by atoms with Crippen LogP contribution in [0.5, 0.6) is 0 Å². The number of aromatic nitrogens is 3. The van der Waals surface area contributed by atoms with Gasteiger partial charge in [0, 0.05) is 25.2 Å². The molecule has 0 aliphatic carbocycles. The molecule has 162 valence electrons. The first kappa shape index (κ1) is 20.4. The maximum atomic E-state index is 13.1. The van der Waals surface area contributed by atoms with Gasteiger partial charge in [0.2, 0.25) is 0 Å². The summed E-state index contributed by atoms with van der Waals surface area (Å²) in [5.41, 5.74) is 8.18. The number of anilines is 1. The largest absolute Gasteiger partial charge is 0.378 e. The number of hydrogen-bond donors (Lipinski definition) is 2. The number of carbonyl (C=O) groups excluding carboxylic acids is 1. The third kappa shape index (κ3) is 4.16. The van der Waals surface area contributed by atoms with Crippen molar-refractivity contribution in [1.82, 2.24) is 20.4 Å². The molecule has 33 heavy (non-hydrogen) atoms. The lowest BCUT2D eigenvalue weighted by Crippen LogP contribution is -2.18. The molecular weight excluding hydrogens is 412 g/mol. The number of para-hydroxylation sites is 3. The Morgan fingerprint density at radius 3 is 2.42 bits per heavy atom. The van der Waals surface area contributed by atoms with Crippen LogP contribution in [-0.2, 0) is 0 Å². The molecule has 1 amide bonds. The van der Waals surface area contributed by atoms with E-state index < -0.39 is 0 Å². The lowest BCUT2D eigenvalue weighted by Gasteiger charge is -2.11. The average Bonchev–Trinajstić information content (AvgIpc) is 3.28. The Morgan fingerprint density at radius 1 is 0.939 bits per heavy atom. The van der Waals surface area contributed by atoms with Gasteiger partial charge in [0.05, 0.1) is 28.3 Å². The van der Waals surface area contributed by atoms with Crippen molar-refractivity contribution in [3.63, 3.8) is 0 Å². The number of carbonyl (C=O) groups is 1. The van der Waals surface area contributed by atoms with Crippen LogP contribution in [0.1, 0.15) is 15.9 Å². The number of nitrogens with zero attached hydrogens (tertiary/aromatic N) is 4. The van der Waals surface area contributed by atoms with Gasteiger partial charge in [-0.25, -0.2) is 15.4 Å². The average molecular weight is 435 g/mol. The molecule has 0 radical (unpaired) electrons. The van der Waals surface area contributed by atoms with Gasteiger partial charge in [-0.15, -0.1) is 0 Å². The fourth-order valence-corrected chi connectivity index (χ4v) is 3.64. The molecule has 3 aromatic carbocycles. The van der Waals surface area contributed by atoms with Crippen molar-refractivity contribution in [2.75, 3.05) is 19.0 Å². The Hall–Kier alpha value is -4.52. The number of H-pyrrole nitrogens is 1. The molecule has 5 rings (SSSR count). The highest BCUT2D eigenvalue weighted by Crippen LogP contribution is 2.25. The van der Waals surface area contributed by atoms with Crippen LogP contribution in [0.15, 0.2) is 84.0 Å². The van der Waals surface area contributed by atoms with Crippen LogP contribution in [-0.4, -0.2) is 41.2 Å². The van der Waals surface area contributed by atoms with Crippen molar-refractivity contribution < 1.29 is 4.79 Å². The van der Waals surface area contributed by atoms with E-state index in [4.69, 9.17) is 4.98 Å². The van der Waals surface area contributed by atoms with Gasteiger partial charge in [-0.1, -0.05) is 42.5 Å². The van der Waals surface area contributed by atoms with E-state index >= 15 is 0 Å². The number of hydrogen-bond acceptors (Lipinski definition) is 5. The summed E-state index contributed by atoms with van der Waals surface area (Å²) in [6.45, 7) is 0. The highest BCUT2D eigenvalue weighted by atomic mass is 16.2. The summed E-state index contributed by atoms with van der Waals surface area (Å²) >= 11 is 0. The Balaban J connectivity index is 1.45. The molecule has 2 aromatic heterocycles. The van der Waals surface area contributed by atoms with Gasteiger partial charge in [0.25, 0.3) is 5.91 Å². The Kier molecular flexibility index (Phi) is 5.28. The zero-order valence-corrected chi connectivity index (χ0v) is 18.3. The Labute approximate surface area is 190 Å². The third-order valence-electron chi connectivity index (χ3n) is 5.38. The fourth-order valence-electron chi connectivity index (χ4n) is 3.64. The smallest absolute Gasteiger partial charge is 0.272 e. The van der Waals surface area contributed by atoms with Crippen LogP contribution in [0.25, 0.3) is 33.5 Å². The summed E-state index contributed by atoms with van der Waals surface area (Å²) in [5, 5.41) is 4.90. The molecule has 7 heteroatoms. The number of nitrogens with one attached hydrogen (secondary N) is 2. The quantitative estimate of drug-likeness (QED) is 0.312. The van der Waals surface area contributed by atoms with Crippen LogP contribution >= 0.6 is 0 Å². The number of hydrazone groups is 1. The van der Waals surface area contributed by atoms with Crippen molar-refractivity contribution in [3.05, 3.63) is 90.0 Å². The molecule has 0 fully saturated rings. The molecule has 0 saturated heterocycles. The molecule has 0 aliphatic heterocycles. The minimum Gasteiger partial charge on any atom is -0.378 e. The Morgan fingerprint density at radius 2 is 1.67 bits per heavy atom. The minimum absolute atomic E-state index is 0.313. The first-order valence-corrected chi connectivity index (χ1v) is 10.5. The zero-order chi connectivity index (χ0) is 22.8. The van der Waals surface area contributed by atoms with E-state index in [0.717, 1.165) is 27.7 Å². The first-order chi connectivity index (χ1) is 16.1. The lowest BCUT2D eigenvalue weighted by molar-refractivity contribution is 0.0956. The van der Waals surface area contributed by atoms with E-state index in [1.165, 1.54) is 0 Å². The van der Waals surface area contributed by atoms with Crippen molar-refractivity contribution in [3.8, 4) is 11.5 Å². The molecule has 5 aromatic rings. The molecular formula is C26H22N6O. The molecule has 0 unspecified atom stereocenters. The van der Waals surface area contributed by atoms with E-state index in [2.05, 4.69) is 20.5 Å². The zero-order valence-electron chi connectivity index (χ0n) is 18.3. The standard InChI is InChI=1S/C26H22N6O/c1-32(2)18-13-11-17(12-14-18)16-27-31-26(33)20-15-24(28-21-8-4-3-7-19(20)21)25-29-22-9-5-6-10-23(22)30-25/h3-16H,1-2H3,(H,29,30)(H,31,33)/b27-16+. The van der Waals surface area contributed by atoms with Gasteiger partial charge in [-0.3, -0.25) is 4.79 Å². The van der Waals surface area contributed by atoms with Gasteiger partial charge < -0.3 is 9.88 Å². The van der Waals surface area contributed by atoms with E-state index in [9.17, 15) is 4.79 Å². The number of imidazole rings is 1. The summed E-state index contributed by atoms with van der Waals surface area (Å²) < 4.78 is 0. The number of pyridine rings is 1.